The maximum Gasteiger partial charge on any atom is 0.194 e. The number of anilines is 3. The Balaban J connectivity index is 1.07. The lowest BCUT2D eigenvalue weighted by molar-refractivity contribution is 0.0979. The van der Waals surface area contributed by atoms with Crippen molar-refractivity contribution in [1.29, 1.82) is 0 Å². The summed E-state index contributed by atoms with van der Waals surface area (Å²) in [7, 11) is 0. The third kappa shape index (κ3) is 4.38. The van der Waals surface area contributed by atoms with Gasteiger partial charge in [-0.3, -0.25) is 9.59 Å². The lowest BCUT2D eigenvalue weighted by atomic mass is 9.82. The Morgan fingerprint density at radius 2 is 0.833 bits per heavy atom. The second-order valence-corrected chi connectivity index (χ2v) is 12.1. The summed E-state index contributed by atoms with van der Waals surface area (Å²) < 4.78 is 2.17. The van der Waals surface area contributed by atoms with E-state index in [4.69, 9.17) is 0 Å². The Morgan fingerprint density at radius 3 is 1.42 bits per heavy atom. The number of carbonyl (C=O) groups is 2. The zero-order valence-corrected chi connectivity index (χ0v) is 25.9. The fourth-order valence-electron chi connectivity index (χ4n) is 7.06. The number of para-hydroxylation sites is 4. The highest BCUT2D eigenvalue weighted by molar-refractivity contribution is 6.29. The third-order valence-corrected chi connectivity index (χ3v) is 9.33. The van der Waals surface area contributed by atoms with E-state index in [2.05, 4.69) is 82.3 Å². The number of fused-ring (bicyclic) bond motifs is 5. The summed E-state index contributed by atoms with van der Waals surface area (Å²) in [6.45, 7) is 0. The molecule has 0 aliphatic heterocycles. The van der Waals surface area contributed by atoms with Gasteiger partial charge < -0.3 is 9.47 Å². The van der Waals surface area contributed by atoms with Crippen molar-refractivity contribution in [2.75, 3.05) is 4.90 Å². The Kier molecular flexibility index (Phi) is 6.41. The van der Waals surface area contributed by atoms with Gasteiger partial charge in [0.25, 0.3) is 0 Å². The van der Waals surface area contributed by atoms with E-state index in [0.717, 1.165) is 55.7 Å². The van der Waals surface area contributed by atoms with Crippen LogP contribution >= 0.6 is 0 Å². The van der Waals surface area contributed by atoms with Crippen LogP contribution in [0.5, 0.6) is 0 Å². The summed E-state index contributed by atoms with van der Waals surface area (Å²) in [4.78, 5) is 30.1. The molecule has 9 rings (SSSR count). The molecule has 0 saturated carbocycles. The molecule has 0 N–H and O–H groups in total. The largest absolute Gasteiger partial charge is 0.311 e. The molecule has 4 nitrogen and oxygen atoms in total. The Morgan fingerprint density at radius 1 is 0.375 bits per heavy atom. The van der Waals surface area contributed by atoms with Gasteiger partial charge in [-0.2, -0.15) is 0 Å². The number of hydrogen-bond donors (Lipinski definition) is 0. The molecule has 0 atom stereocenters. The van der Waals surface area contributed by atoms with Crippen molar-refractivity contribution in [3.05, 3.63) is 192 Å². The Bertz CT molecular complexity index is 2440. The molecule has 1 aliphatic carbocycles. The summed E-state index contributed by atoms with van der Waals surface area (Å²) in [5.74, 6) is -0.267. The van der Waals surface area contributed by atoms with Crippen LogP contribution in [0.15, 0.2) is 170 Å². The van der Waals surface area contributed by atoms with Crippen LogP contribution in [0.25, 0.3) is 38.6 Å². The van der Waals surface area contributed by atoms with Crippen LogP contribution in [-0.2, 0) is 0 Å². The number of hydrogen-bond acceptors (Lipinski definition) is 3. The first-order valence-electron chi connectivity index (χ1n) is 16.0. The summed E-state index contributed by atoms with van der Waals surface area (Å²) >= 11 is 0. The molecule has 0 saturated heterocycles. The predicted molar refractivity (Wildman–Crippen MR) is 194 cm³/mol. The second-order valence-electron chi connectivity index (χ2n) is 12.1. The van der Waals surface area contributed by atoms with E-state index in [9.17, 15) is 9.59 Å². The van der Waals surface area contributed by atoms with Gasteiger partial charge in [-0.1, -0.05) is 91.0 Å². The smallest absolute Gasteiger partial charge is 0.194 e. The van der Waals surface area contributed by atoms with E-state index in [1.165, 1.54) is 0 Å². The van der Waals surface area contributed by atoms with Gasteiger partial charge in [0.2, 0.25) is 0 Å². The topological polar surface area (TPSA) is 42.3 Å². The van der Waals surface area contributed by atoms with Crippen LogP contribution in [0.1, 0.15) is 31.8 Å². The molecular weight excluding hydrogens is 588 g/mol. The minimum Gasteiger partial charge on any atom is -0.311 e. The van der Waals surface area contributed by atoms with Crippen LogP contribution in [0.2, 0.25) is 0 Å². The van der Waals surface area contributed by atoms with Crippen molar-refractivity contribution in [1.82, 2.24) is 4.57 Å². The molecule has 0 unspecified atom stereocenters. The molecule has 226 valence electrons. The Hall–Kier alpha value is -6.52. The third-order valence-electron chi connectivity index (χ3n) is 9.33. The Labute approximate surface area is 277 Å². The number of rotatable bonds is 5. The zero-order valence-electron chi connectivity index (χ0n) is 25.9. The summed E-state index contributed by atoms with van der Waals surface area (Å²) in [6, 6.07) is 56.6. The van der Waals surface area contributed by atoms with E-state index in [1.807, 2.05) is 84.9 Å². The monoisotopic (exact) mass is 616 g/mol. The van der Waals surface area contributed by atoms with Gasteiger partial charge in [0.15, 0.2) is 11.6 Å². The minimum absolute atomic E-state index is 0.133. The number of benzene rings is 7. The molecule has 0 spiro atoms. The van der Waals surface area contributed by atoms with Gasteiger partial charge in [0.1, 0.15) is 0 Å². The number of carbonyl (C=O) groups excluding carboxylic acids is 2. The van der Waals surface area contributed by atoms with Crippen molar-refractivity contribution < 1.29 is 9.59 Å². The molecule has 0 fully saturated rings. The number of ketones is 2. The molecule has 1 aromatic heterocycles. The highest BCUT2D eigenvalue weighted by Crippen LogP contribution is 2.38. The molecule has 1 aliphatic rings. The van der Waals surface area contributed by atoms with Gasteiger partial charge in [0, 0.05) is 55.8 Å². The first-order valence-corrected chi connectivity index (χ1v) is 16.0. The van der Waals surface area contributed by atoms with Crippen LogP contribution in [0.3, 0.4) is 0 Å². The fraction of sp³-hybridized carbons (Fsp3) is 0. The molecule has 8 aromatic rings. The first-order chi connectivity index (χ1) is 23.7. The molecule has 1 heterocycles. The molecular formula is C44H28N2O2. The van der Waals surface area contributed by atoms with Gasteiger partial charge in [-0.15, -0.1) is 0 Å². The number of nitrogens with zero attached hydrogens (tertiary/aromatic N) is 2. The average Bonchev–Trinajstić information content (AvgIpc) is 3.49. The van der Waals surface area contributed by atoms with Crippen molar-refractivity contribution in [3.8, 4) is 16.8 Å². The van der Waals surface area contributed by atoms with Gasteiger partial charge >= 0.3 is 0 Å². The van der Waals surface area contributed by atoms with Crippen LogP contribution in [-0.4, -0.2) is 16.1 Å². The van der Waals surface area contributed by atoms with Crippen molar-refractivity contribution >= 4 is 50.4 Å². The lowest BCUT2D eigenvalue weighted by Crippen LogP contribution is -2.21. The minimum atomic E-state index is -0.134. The van der Waals surface area contributed by atoms with Crippen molar-refractivity contribution in [3.63, 3.8) is 0 Å². The molecule has 7 aromatic carbocycles. The lowest BCUT2D eigenvalue weighted by Gasteiger charge is -2.25. The van der Waals surface area contributed by atoms with E-state index < -0.39 is 0 Å². The van der Waals surface area contributed by atoms with Crippen LogP contribution in [0.4, 0.5) is 17.1 Å². The quantitative estimate of drug-likeness (QED) is 0.193. The maximum atomic E-state index is 14.0. The SMILES string of the molecule is O=C1c2ccc(-n3c4ccccc4c4ccccc43)cc2C(=O)c2ccc(-c3ccc(N(c4ccccc4)c4ccccc4)cc3)cc21. The summed E-state index contributed by atoms with van der Waals surface area (Å²) in [5.41, 5.74) is 9.72. The van der Waals surface area contributed by atoms with E-state index in [-0.39, 0.29) is 11.6 Å². The molecule has 4 heteroatoms. The van der Waals surface area contributed by atoms with Crippen LogP contribution < -0.4 is 4.90 Å². The summed E-state index contributed by atoms with van der Waals surface area (Å²) in [6.07, 6.45) is 0. The predicted octanol–water partition coefficient (Wildman–Crippen LogP) is 10.7. The van der Waals surface area contributed by atoms with E-state index in [0.29, 0.717) is 22.3 Å². The normalized spacial score (nSPS) is 12.2. The van der Waals surface area contributed by atoms with Gasteiger partial charge in [-0.25, -0.2) is 0 Å². The summed E-state index contributed by atoms with van der Waals surface area (Å²) in [5, 5.41) is 2.29. The standard InChI is InChI=1S/C44H28N2O2/c47-43-38-26-24-34(46-41-17-9-7-15-35(41)36-16-8-10-18-42(36)46)28-40(38)44(48)37-25-21-30(27-39(37)43)29-19-22-33(23-20-29)45(31-11-3-1-4-12-31)32-13-5-2-6-14-32/h1-28H. The molecule has 48 heavy (non-hydrogen) atoms. The van der Waals surface area contributed by atoms with Crippen LogP contribution in [0, 0.1) is 0 Å². The number of aromatic nitrogens is 1. The zero-order chi connectivity index (χ0) is 32.2. The second kappa shape index (κ2) is 11.1. The molecule has 0 radical (unpaired) electrons. The van der Waals surface area contributed by atoms with Gasteiger partial charge in [0.05, 0.1) is 11.0 Å². The highest BCUT2D eigenvalue weighted by Gasteiger charge is 2.30. The van der Waals surface area contributed by atoms with Crippen molar-refractivity contribution in [2.24, 2.45) is 0 Å². The van der Waals surface area contributed by atoms with E-state index in [1.54, 1.807) is 12.1 Å². The van der Waals surface area contributed by atoms with Gasteiger partial charge in [-0.05, 0) is 90.0 Å². The van der Waals surface area contributed by atoms with Crippen molar-refractivity contribution in [2.45, 2.75) is 0 Å². The highest BCUT2D eigenvalue weighted by atomic mass is 16.1. The molecule has 0 amide bonds. The van der Waals surface area contributed by atoms with E-state index >= 15 is 0 Å². The molecule has 0 bridgehead atoms. The fourth-order valence-corrected chi connectivity index (χ4v) is 7.06. The average molecular weight is 617 g/mol. The maximum absolute atomic E-state index is 14.0. The first kappa shape index (κ1) is 27.8.